The number of piperidine rings is 1. The lowest BCUT2D eigenvalue weighted by molar-refractivity contribution is 0.109. The van der Waals surface area contributed by atoms with Gasteiger partial charge in [0.05, 0.1) is 0 Å². The largest absolute Gasteiger partial charge is 0.300 e. The number of likely N-dealkylation sites (tertiary alicyclic amines) is 1. The Labute approximate surface area is 76.5 Å². The fraction of sp³-hybridized carbons (Fsp3) is 0.818. The maximum absolute atomic E-state index is 3.92. The van der Waals surface area contributed by atoms with E-state index < -0.39 is 0 Å². The van der Waals surface area contributed by atoms with Gasteiger partial charge in [-0.05, 0) is 38.6 Å². The van der Waals surface area contributed by atoms with E-state index in [1.54, 1.807) is 0 Å². The Morgan fingerprint density at radius 3 is 2.67 bits per heavy atom. The predicted molar refractivity (Wildman–Crippen MR) is 54.2 cm³/mol. The summed E-state index contributed by atoms with van der Waals surface area (Å²) in [7, 11) is 0. The second-order valence-electron chi connectivity index (χ2n) is 4.53. The van der Waals surface area contributed by atoms with Crippen LogP contribution in [0.25, 0.3) is 0 Å². The number of nitrogens with zero attached hydrogens (tertiary/aromatic N) is 1. The van der Waals surface area contributed by atoms with Crippen LogP contribution in [-0.4, -0.2) is 24.0 Å². The molecule has 1 unspecified atom stereocenters. The normalized spacial score (nSPS) is 32.3. The highest BCUT2D eigenvalue weighted by Gasteiger charge is 2.28. The van der Waals surface area contributed by atoms with Crippen molar-refractivity contribution in [2.45, 2.75) is 39.7 Å². The lowest BCUT2D eigenvalue weighted by Crippen LogP contribution is -2.44. The molecule has 12 heavy (non-hydrogen) atoms. The third kappa shape index (κ3) is 2.10. The van der Waals surface area contributed by atoms with Gasteiger partial charge in [-0.3, -0.25) is 0 Å². The number of rotatable bonds is 2. The van der Waals surface area contributed by atoms with Crippen LogP contribution < -0.4 is 0 Å². The van der Waals surface area contributed by atoms with Crippen LogP contribution in [-0.2, 0) is 0 Å². The number of hydrogen-bond donors (Lipinski definition) is 0. The molecular formula is C11H21N. The zero-order valence-corrected chi connectivity index (χ0v) is 8.64. The van der Waals surface area contributed by atoms with Gasteiger partial charge in [0.25, 0.3) is 0 Å². The van der Waals surface area contributed by atoms with Gasteiger partial charge < -0.3 is 4.90 Å². The zero-order chi connectivity index (χ0) is 9.19. The van der Waals surface area contributed by atoms with E-state index in [1.807, 2.05) is 0 Å². The molecule has 1 atom stereocenters. The van der Waals surface area contributed by atoms with E-state index in [1.165, 1.54) is 25.9 Å². The monoisotopic (exact) mass is 167 g/mol. The van der Waals surface area contributed by atoms with Gasteiger partial charge in [0.1, 0.15) is 0 Å². The molecule has 0 aliphatic carbocycles. The van der Waals surface area contributed by atoms with E-state index in [0.29, 0.717) is 11.5 Å². The van der Waals surface area contributed by atoms with Crippen molar-refractivity contribution in [1.82, 2.24) is 4.90 Å². The van der Waals surface area contributed by atoms with Crippen LogP contribution in [0.15, 0.2) is 12.7 Å². The van der Waals surface area contributed by atoms with Crippen molar-refractivity contribution in [2.75, 3.05) is 13.1 Å². The highest BCUT2D eigenvalue weighted by Crippen LogP contribution is 2.30. The highest BCUT2D eigenvalue weighted by molar-refractivity contribution is 4.96. The fourth-order valence-electron chi connectivity index (χ4n) is 1.92. The molecule has 0 spiro atoms. The smallest absolute Gasteiger partial charge is 0.00726 e. The summed E-state index contributed by atoms with van der Waals surface area (Å²) in [6.45, 7) is 13.2. The first kappa shape index (κ1) is 9.79. The Kier molecular flexibility index (Phi) is 2.94. The number of hydrogen-bond acceptors (Lipinski definition) is 1. The molecule has 1 rings (SSSR count). The molecular weight excluding hydrogens is 146 g/mol. The van der Waals surface area contributed by atoms with E-state index in [0.717, 1.165) is 0 Å². The van der Waals surface area contributed by atoms with E-state index in [4.69, 9.17) is 0 Å². The summed E-state index contributed by atoms with van der Waals surface area (Å²) >= 11 is 0. The van der Waals surface area contributed by atoms with Crippen LogP contribution in [0.2, 0.25) is 0 Å². The van der Waals surface area contributed by atoms with Gasteiger partial charge in [-0.2, -0.15) is 0 Å². The van der Waals surface area contributed by atoms with Crippen molar-refractivity contribution >= 4 is 0 Å². The van der Waals surface area contributed by atoms with Crippen LogP contribution in [0, 0.1) is 5.41 Å². The van der Waals surface area contributed by atoms with Crippen molar-refractivity contribution in [3.05, 3.63) is 12.7 Å². The topological polar surface area (TPSA) is 3.24 Å². The Balaban J connectivity index is 2.56. The van der Waals surface area contributed by atoms with Crippen molar-refractivity contribution in [2.24, 2.45) is 5.41 Å². The van der Waals surface area contributed by atoms with Gasteiger partial charge in [-0.1, -0.05) is 13.0 Å². The Morgan fingerprint density at radius 1 is 1.50 bits per heavy atom. The van der Waals surface area contributed by atoms with E-state index in [9.17, 15) is 0 Å². The standard InChI is InChI=1S/C11H21N/c1-5-11(4)7-6-8-12(9-11)10(2)3/h5,10H,1,6-9H2,2-4H3. The summed E-state index contributed by atoms with van der Waals surface area (Å²) in [5.74, 6) is 0. The van der Waals surface area contributed by atoms with Crippen molar-refractivity contribution < 1.29 is 0 Å². The van der Waals surface area contributed by atoms with Gasteiger partial charge in [0, 0.05) is 12.6 Å². The molecule has 0 radical (unpaired) electrons. The van der Waals surface area contributed by atoms with E-state index in [2.05, 4.69) is 38.3 Å². The zero-order valence-electron chi connectivity index (χ0n) is 8.64. The predicted octanol–water partition coefficient (Wildman–Crippen LogP) is 2.68. The van der Waals surface area contributed by atoms with Gasteiger partial charge in [0.2, 0.25) is 0 Å². The Morgan fingerprint density at radius 2 is 2.17 bits per heavy atom. The molecule has 0 aromatic heterocycles. The lowest BCUT2D eigenvalue weighted by atomic mass is 9.82. The van der Waals surface area contributed by atoms with Crippen molar-refractivity contribution in [1.29, 1.82) is 0 Å². The second-order valence-corrected chi connectivity index (χ2v) is 4.53. The summed E-state index contributed by atoms with van der Waals surface area (Å²) in [6.07, 6.45) is 4.75. The molecule has 1 heterocycles. The molecule has 0 N–H and O–H groups in total. The summed E-state index contributed by atoms with van der Waals surface area (Å²) < 4.78 is 0. The summed E-state index contributed by atoms with van der Waals surface area (Å²) in [5.41, 5.74) is 0.364. The SMILES string of the molecule is C=CC1(C)CCCN(C(C)C)C1. The maximum atomic E-state index is 3.92. The van der Waals surface area contributed by atoms with Crippen molar-refractivity contribution in [3.63, 3.8) is 0 Å². The summed E-state index contributed by atoms with van der Waals surface area (Å²) in [5, 5.41) is 0. The van der Waals surface area contributed by atoms with Crippen LogP contribution in [0.5, 0.6) is 0 Å². The average Bonchev–Trinajstić information content (AvgIpc) is 2.05. The van der Waals surface area contributed by atoms with Crippen molar-refractivity contribution in [3.8, 4) is 0 Å². The van der Waals surface area contributed by atoms with Crippen LogP contribution in [0.4, 0.5) is 0 Å². The lowest BCUT2D eigenvalue weighted by Gasteiger charge is -2.40. The molecule has 1 nitrogen and oxygen atoms in total. The molecule has 0 aromatic carbocycles. The molecule has 0 aromatic rings. The van der Waals surface area contributed by atoms with Crippen LogP contribution in [0.1, 0.15) is 33.6 Å². The average molecular weight is 167 g/mol. The molecule has 1 fully saturated rings. The third-order valence-corrected chi connectivity index (χ3v) is 2.98. The van der Waals surface area contributed by atoms with Gasteiger partial charge >= 0.3 is 0 Å². The first-order valence-corrected chi connectivity index (χ1v) is 4.95. The maximum Gasteiger partial charge on any atom is 0.00726 e. The minimum absolute atomic E-state index is 0.364. The molecule has 0 amide bonds. The van der Waals surface area contributed by atoms with Gasteiger partial charge in [0.15, 0.2) is 0 Å². The molecule has 1 aliphatic heterocycles. The molecule has 0 bridgehead atoms. The first-order chi connectivity index (χ1) is 5.57. The Hall–Kier alpha value is -0.300. The van der Waals surface area contributed by atoms with Gasteiger partial charge in [-0.15, -0.1) is 6.58 Å². The first-order valence-electron chi connectivity index (χ1n) is 4.95. The van der Waals surface area contributed by atoms with Gasteiger partial charge in [-0.25, -0.2) is 0 Å². The molecule has 1 heteroatoms. The highest BCUT2D eigenvalue weighted by atomic mass is 15.2. The quantitative estimate of drug-likeness (QED) is 0.572. The molecule has 1 aliphatic rings. The fourth-order valence-corrected chi connectivity index (χ4v) is 1.92. The minimum atomic E-state index is 0.364. The summed E-state index contributed by atoms with van der Waals surface area (Å²) in [4.78, 5) is 2.55. The minimum Gasteiger partial charge on any atom is -0.300 e. The summed E-state index contributed by atoms with van der Waals surface area (Å²) in [6, 6.07) is 0.685. The second kappa shape index (κ2) is 3.61. The third-order valence-electron chi connectivity index (χ3n) is 2.98. The van der Waals surface area contributed by atoms with Crippen LogP contribution >= 0.6 is 0 Å². The molecule has 1 saturated heterocycles. The van der Waals surface area contributed by atoms with Crippen LogP contribution in [0.3, 0.4) is 0 Å². The van der Waals surface area contributed by atoms with E-state index in [-0.39, 0.29) is 0 Å². The Bertz CT molecular complexity index is 162. The molecule has 0 saturated carbocycles. The molecule has 70 valence electrons. The van der Waals surface area contributed by atoms with E-state index >= 15 is 0 Å².